The molecule has 0 aromatic heterocycles. The van der Waals surface area contributed by atoms with Gasteiger partial charge in [-0.25, -0.2) is 0 Å². The van der Waals surface area contributed by atoms with Crippen LogP contribution in [0.2, 0.25) is 0 Å². The lowest BCUT2D eigenvalue weighted by atomic mass is 10.0. The predicted octanol–water partition coefficient (Wildman–Crippen LogP) is 26.7. The second kappa shape index (κ2) is 77.1. The van der Waals surface area contributed by atoms with E-state index in [1.54, 1.807) is 0 Å². The molecule has 0 aliphatic rings. The van der Waals surface area contributed by atoms with E-state index in [-0.39, 0.29) is 18.5 Å². The van der Waals surface area contributed by atoms with Crippen LogP contribution in [0.4, 0.5) is 0 Å². The van der Waals surface area contributed by atoms with Crippen molar-refractivity contribution < 1.29 is 24.5 Å². The fourth-order valence-electron chi connectivity index (χ4n) is 13.2. The lowest BCUT2D eigenvalue weighted by molar-refractivity contribution is -0.143. The third kappa shape index (κ3) is 73.5. The number of allylic oxidation sites excluding steroid dienone is 2. The number of carbonyl (C=O) groups excluding carboxylic acids is 2. The van der Waals surface area contributed by atoms with E-state index in [1.807, 2.05) is 0 Å². The Balaban J connectivity index is 3.33. The molecule has 87 heavy (non-hydrogen) atoms. The second-order valence-electron chi connectivity index (χ2n) is 28.1. The quantitative estimate of drug-likeness (QED) is 0.0320. The Bertz CT molecular complexity index is 1320. The van der Waals surface area contributed by atoms with Gasteiger partial charge < -0.3 is 20.3 Å². The van der Waals surface area contributed by atoms with Crippen LogP contribution in [0.25, 0.3) is 0 Å². The van der Waals surface area contributed by atoms with E-state index in [0.29, 0.717) is 25.9 Å². The molecule has 518 valence electrons. The number of unbranched alkanes of at least 4 members (excludes halogenated alkanes) is 64. The lowest BCUT2D eigenvalue weighted by Gasteiger charge is -2.22. The predicted molar refractivity (Wildman–Crippen MR) is 384 cm³/mol. The fraction of sp³-hybridized carbons (Fsp3) is 0.951. The standard InChI is InChI=1S/C81H159NO5/c1-3-5-7-9-11-13-15-17-19-21-23-38-41-45-49-53-57-61-65-69-73-79(84)78(77-83)82-80(85)74-70-66-62-58-54-50-46-42-39-36-34-32-30-28-26-24-25-27-29-31-33-35-37-40-44-48-52-56-60-64-68-72-76-87-81(86)75-71-67-63-59-55-51-47-43-22-20-18-16-14-12-10-8-6-4-2/h27,29,78-79,83-84H,3-26,28,30-77H2,1-2H3,(H,82,85)/b29-27-. The fourth-order valence-corrected chi connectivity index (χ4v) is 13.2. The average Bonchev–Trinajstić information content (AvgIpc) is 3.54. The van der Waals surface area contributed by atoms with Crippen molar-refractivity contribution in [1.29, 1.82) is 0 Å². The molecular weight excluding hydrogens is 1070 g/mol. The molecule has 0 bridgehead atoms. The molecule has 2 atom stereocenters. The summed E-state index contributed by atoms with van der Waals surface area (Å²) in [6, 6.07) is -0.540. The zero-order valence-electron chi connectivity index (χ0n) is 59.5. The summed E-state index contributed by atoms with van der Waals surface area (Å²) < 4.78 is 5.52. The van der Waals surface area contributed by atoms with Crippen molar-refractivity contribution in [1.82, 2.24) is 5.32 Å². The number of esters is 1. The normalized spacial score (nSPS) is 12.5. The first-order valence-electron chi connectivity index (χ1n) is 40.4. The molecule has 0 aliphatic carbocycles. The number of amides is 1. The first-order valence-corrected chi connectivity index (χ1v) is 40.4. The maximum Gasteiger partial charge on any atom is 0.305 e. The Morgan fingerprint density at radius 1 is 0.310 bits per heavy atom. The maximum atomic E-state index is 12.6. The highest BCUT2D eigenvalue weighted by atomic mass is 16.5. The molecule has 2 unspecified atom stereocenters. The Kier molecular flexibility index (Phi) is 75.8. The summed E-state index contributed by atoms with van der Waals surface area (Å²) >= 11 is 0. The molecule has 6 nitrogen and oxygen atoms in total. The van der Waals surface area contributed by atoms with Crippen molar-refractivity contribution in [3.8, 4) is 0 Å². The van der Waals surface area contributed by atoms with Gasteiger partial charge in [-0.05, 0) is 51.4 Å². The van der Waals surface area contributed by atoms with Gasteiger partial charge in [0.2, 0.25) is 5.91 Å². The van der Waals surface area contributed by atoms with Crippen LogP contribution in [0.1, 0.15) is 470 Å². The Morgan fingerprint density at radius 2 is 0.540 bits per heavy atom. The van der Waals surface area contributed by atoms with Gasteiger partial charge in [0, 0.05) is 12.8 Å². The van der Waals surface area contributed by atoms with Gasteiger partial charge in [0.1, 0.15) is 0 Å². The third-order valence-corrected chi connectivity index (χ3v) is 19.3. The van der Waals surface area contributed by atoms with E-state index < -0.39 is 12.1 Å². The Hall–Kier alpha value is -1.40. The Labute approximate surface area is 546 Å². The number of aliphatic hydroxyl groups is 2. The highest BCUT2D eigenvalue weighted by molar-refractivity contribution is 5.76. The number of hydrogen-bond donors (Lipinski definition) is 3. The summed E-state index contributed by atoms with van der Waals surface area (Å²) in [6.07, 6.45) is 97.4. The number of aliphatic hydroxyl groups excluding tert-OH is 2. The summed E-state index contributed by atoms with van der Waals surface area (Å²) in [6.45, 7) is 5.02. The van der Waals surface area contributed by atoms with E-state index >= 15 is 0 Å². The maximum absolute atomic E-state index is 12.6. The van der Waals surface area contributed by atoms with Crippen molar-refractivity contribution in [3.05, 3.63) is 12.2 Å². The molecule has 0 aromatic rings. The van der Waals surface area contributed by atoms with Crippen molar-refractivity contribution in [2.24, 2.45) is 0 Å². The van der Waals surface area contributed by atoms with Gasteiger partial charge in [0.15, 0.2) is 0 Å². The van der Waals surface area contributed by atoms with E-state index in [1.165, 1.54) is 398 Å². The molecule has 0 aromatic carbocycles. The molecule has 0 spiro atoms. The van der Waals surface area contributed by atoms with Gasteiger partial charge in [-0.1, -0.05) is 418 Å². The average molecular weight is 1230 g/mol. The van der Waals surface area contributed by atoms with Crippen LogP contribution in [-0.2, 0) is 14.3 Å². The molecular formula is C81H159NO5. The second-order valence-corrected chi connectivity index (χ2v) is 28.1. The SMILES string of the molecule is CCCCCCCCCCCCCCCCCCCCCCC(O)C(CO)NC(=O)CCCCCCCCCCCCCCCCCC/C=C\CCCCCCCCCCCCCCOC(=O)CCCCCCCCCCCCCCCCCCCC. The number of rotatable bonds is 77. The van der Waals surface area contributed by atoms with Crippen LogP contribution in [0.15, 0.2) is 12.2 Å². The monoisotopic (exact) mass is 1230 g/mol. The molecule has 0 saturated carbocycles. The summed E-state index contributed by atoms with van der Waals surface area (Å²) in [7, 11) is 0. The van der Waals surface area contributed by atoms with Crippen LogP contribution in [0, 0.1) is 0 Å². The molecule has 0 heterocycles. The van der Waals surface area contributed by atoms with E-state index in [4.69, 9.17) is 4.74 Å². The van der Waals surface area contributed by atoms with E-state index in [9.17, 15) is 19.8 Å². The first kappa shape index (κ1) is 85.6. The van der Waals surface area contributed by atoms with Gasteiger partial charge >= 0.3 is 5.97 Å². The number of nitrogens with one attached hydrogen (secondary N) is 1. The molecule has 0 fully saturated rings. The van der Waals surface area contributed by atoms with Crippen LogP contribution < -0.4 is 5.32 Å². The van der Waals surface area contributed by atoms with Gasteiger partial charge in [0.25, 0.3) is 0 Å². The van der Waals surface area contributed by atoms with Crippen LogP contribution >= 0.6 is 0 Å². The highest BCUT2D eigenvalue weighted by Crippen LogP contribution is 2.20. The van der Waals surface area contributed by atoms with Crippen LogP contribution in [0.5, 0.6) is 0 Å². The lowest BCUT2D eigenvalue weighted by Crippen LogP contribution is -2.45. The van der Waals surface area contributed by atoms with Crippen molar-refractivity contribution in [2.45, 2.75) is 482 Å². The van der Waals surface area contributed by atoms with Crippen molar-refractivity contribution in [3.63, 3.8) is 0 Å². The summed E-state index contributed by atoms with van der Waals surface area (Å²) in [4.78, 5) is 24.7. The Morgan fingerprint density at radius 3 is 0.816 bits per heavy atom. The van der Waals surface area contributed by atoms with Gasteiger partial charge in [-0.3, -0.25) is 9.59 Å². The summed E-state index contributed by atoms with van der Waals surface area (Å²) in [5.74, 6) is -0.00281. The molecule has 0 saturated heterocycles. The smallest absolute Gasteiger partial charge is 0.305 e. The van der Waals surface area contributed by atoms with E-state index in [2.05, 4.69) is 31.3 Å². The van der Waals surface area contributed by atoms with Crippen molar-refractivity contribution >= 4 is 11.9 Å². The minimum absolute atomic E-state index is 0.0240. The largest absolute Gasteiger partial charge is 0.466 e. The summed E-state index contributed by atoms with van der Waals surface area (Å²) in [5, 5.41) is 23.4. The minimum atomic E-state index is -0.663. The molecule has 3 N–H and O–H groups in total. The topological polar surface area (TPSA) is 95.9 Å². The molecule has 1 amide bonds. The third-order valence-electron chi connectivity index (χ3n) is 19.3. The molecule has 6 heteroatoms. The minimum Gasteiger partial charge on any atom is -0.466 e. The van der Waals surface area contributed by atoms with Gasteiger partial charge in [-0.15, -0.1) is 0 Å². The van der Waals surface area contributed by atoms with Gasteiger partial charge in [0.05, 0.1) is 25.4 Å². The molecule has 0 rings (SSSR count). The van der Waals surface area contributed by atoms with Crippen molar-refractivity contribution in [2.75, 3.05) is 13.2 Å². The zero-order valence-corrected chi connectivity index (χ0v) is 59.5. The number of ether oxygens (including phenoxy) is 1. The molecule has 0 aliphatic heterocycles. The van der Waals surface area contributed by atoms with Crippen LogP contribution in [0.3, 0.4) is 0 Å². The first-order chi connectivity index (χ1) is 43.0. The zero-order chi connectivity index (χ0) is 62.8. The molecule has 0 radical (unpaired) electrons. The van der Waals surface area contributed by atoms with Gasteiger partial charge in [-0.2, -0.15) is 0 Å². The summed E-state index contributed by atoms with van der Waals surface area (Å²) in [5.41, 5.74) is 0. The highest BCUT2D eigenvalue weighted by Gasteiger charge is 2.20. The van der Waals surface area contributed by atoms with E-state index in [0.717, 1.165) is 38.5 Å². The van der Waals surface area contributed by atoms with Crippen LogP contribution in [-0.4, -0.2) is 47.4 Å². The number of carbonyl (C=O) groups is 2. The number of hydrogen-bond acceptors (Lipinski definition) is 5.